The first kappa shape index (κ1) is 23.9. The van der Waals surface area contributed by atoms with E-state index in [0.29, 0.717) is 34.2 Å². The van der Waals surface area contributed by atoms with E-state index in [1.807, 2.05) is 18.2 Å². The zero-order chi connectivity index (χ0) is 26.3. The van der Waals surface area contributed by atoms with Crippen molar-refractivity contribution >= 4 is 29.0 Å². The average Bonchev–Trinajstić information content (AvgIpc) is 3.68. The van der Waals surface area contributed by atoms with Crippen LogP contribution in [-0.4, -0.2) is 33.5 Å². The third kappa shape index (κ3) is 4.78. The quantitative estimate of drug-likeness (QED) is 0.317. The Morgan fingerprint density at radius 3 is 2.63 bits per heavy atom. The Balaban J connectivity index is 1.19. The minimum atomic E-state index is -0.343. The highest BCUT2D eigenvalue weighted by atomic mass is 16.5. The molecule has 6 rings (SSSR count). The van der Waals surface area contributed by atoms with Gasteiger partial charge in [-0.15, -0.1) is 5.10 Å². The minimum absolute atomic E-state index is 0.0224. The van der Waals surface area contributed by atoms with Crippen LogP contribution in [0.5, 0.6) is 17.4 Å². The topological polar surface area (TPSA) is 133 Å². The SMILES string of the molecule is COc1ccc(NC(=O)c2cccc(C3(N)CCC3)c2)cc1Oc1ccc2nc(NC(=O)C3CC3)cn2n1. The largest absolute Gasteiger partial charge is 0.493 e. The summed E-state index contributed by atoms with van der Waals surface area (Å²) in [4.78, 5) is 29.5. The Labute approximate surface area is 219 Å². The first-order chi connectivity index (χ1) is 18.4. The van der Waals surface area contributed by atoms with Crippen molar-refractivity contribution < 1.29 is 19.1 Å². The lowest BCUT2D eigenvalue weighted by atomic mass is 9.72. The molecule has 10 heteroatoms. The number of carbonyl (C=O) groups excluding carboxylic acids is 2. The summed E-state index contributed by atoms with van der Waals surface area (Å²) in [5.41, 5.74) is 8.73. The maximum Gasteiger partial charge on any atom is 0.255 e. The smallest absolute Gasteiger partial charge is 0.255 e. The van der Waals surface area contributed by atoms with Gasteiger partial charge in [0, 0.05) is 34.8 Å². The summed E-state index contributed by atoms with van der Waals surface area (Å²) in [5.74, 6) is 1.40. The van der Waals surface area contributed by atoms with Crippen molar-refractivity contribution in [3.63, 3.8) is 0 Å². The fourth-order valence-electron chi connectivity index (χ4n) is 4.52. The lowest BCUT2D eigenvalue weighted by Gasteiger charge is -2.38. The molecular formula is C28H28N6O4. The molecule has 0 spiro atoms. The van der Waals surface area contributed by atoms with Crippen LogP contribution >= 0.6 is 0 Å². The Bertz CT molecular complexity index is 1540. The number of anilines is 2. The van der Waals surface area contributed by atoms with E-state index >= 15 is 0 Å². The van der Waals surface area contributed by atoms with E-state index < -0.39 is 0 Å². The molecule has 2 saturated carbocycles. The van der Waals surface area contributed by atoms with Crippen molar-refractivity contribution in [2.24, 2.45) is 11.7 Å². The summed E-state index contributed by atoms with van der Waals surface area (Å²) in [6.45, 7) is 0. The lowest BCUT2D eigenvalue weighted by Crippen LogP contribution is -2.43. The van der Waals surface area contributed by atoms with Crippen LogP contribution in [0.1, 0.15) is 48.0 Å². The van der Waals surface area contributed by atoms with Crippen LogP contribution in [0.15, 0.2) is 60.8 Å². The molecule has 38 heavy (non-hydrogen) atoms. The zero-order valence-electron chi connectivity index (χ0n) is 20.9. The molecule has 4 aromatic rings. The maximum absolute atomic E-state index is 13.0. The zero-order valence-corrected chi connectivity index (χ0v) is 20.9. The number of nitrogens with one attached hydrogen (secondary N) is 2. The van der Waals surface area contributed by atoms with Crippen molar-refractivity contribution in [2.75, 3.05) is 17.7 Å². The van der Waals surface area contributed by atoms with Gasteiger partial charge in [0.2, 0.25) is 11.8 Å². The molecule has 0 unspecified atom stereocenters. The van der Waals surface area contributed by atoms with Crippen molar-refractivity contribution in [1.82, 2.24) is 14.6 Å². The summed E-state index contributed by atoms with van der Waals surface area (Å²) in [5, 5.41) is 10.2. The van der Waals surface area contributed by atoms with Gasteiger partial charge in [0.1, 0.15) is 0 Å². The van der Waals surface area contributed by atoms with Gasteiger partial charge in [-0.2, -0.15) is 0 Å². The molecule has 10 nitrogen and oxygen atoms in total. The van der Waals surface area contributed by atoms with Gasteiger partial charge in [-0.3, -0.25) is 9.59 Å². The number of hydrogen-bond donors (Lipinski definition) is 3. The summed E-state index contributed by atoms with van der Waals surface area (Å²) in [6.07, 6.45) is 6.41. The molecule has 2 aromatic heterocycles. The number of rotatable bonds is 8. The fraction of sp³-hybridized carbons (Fsp3) is 0.286. The highest BCUT2D eigenvalue weighted by Crippen LogP contribution is 2.39. The normalized spacial score (nSPS) is 15.9. The van der Waals surface area contributed by atoms with Crippen LogP contribution < -0.4 is 25.8 Å². The number of fused-ring (bicyclic) bond motifs is 1. The summed E-state index contributed by atoms with van der Waals surface area (Å²) in [7, 11) is 1.54. The molecule has 0 atom stereocenters. The van der Waals surface area contributed by atoms with Crippen LogP contribution in [0.4, 0.5) is 11.5 Å². The van der Waals surface area contributed by atoms with E-state index in [-0.39, 0.29) is 29.2 Å². The minimum Gasteiger partial charge on any atom is -0.493 e. The van der Waals surface area contributed by atoms with Gasteiger partial charge in [0.15, 0.2) is 23.0 Å². The number of imidazole rings is 1. The van der Waals surface area contributed by atoms with Gasteiger partial charge in [-0.1, -0.05) is 12.1 Å². The first-order valence-corrected chi connectivity index (χ1v) is 12.6. The van der Waals surface area contributed by atoms with Crippen LogP contribution in [0.3, 0.4) is 0 Å². The van der Waals surface area contributed by atoms with Gasteiger partial charge in [-0.25, -0.2) is 9.50 Å². The van der Waals surface area contributed by atoms with Gasteiger partial charge in [-0.05, 0) is 68.0 Å². The molecule has 194 valence electrons. The summed E-state index contributed by atoms with van der Waals surface area (Å²) >= 11 is 0. The van der Waals surface area contributed by atoms with Gasteiger partial charge >= 0.3 is 0 Å². The number of benzene rings is 2. The number of hydrogen-bond acceptors (Lipinski definition) is 7. The number of nitrogens with two attached hydrogens (primary N) is 1. The fourth-order valence-corrected chi connectivity index (χ4v) is 4.52. The third-order valence-corrected chi connectivity index (χ3v) is 7.08. The first-order valence-electron chi connectivity index (χ1n) is 12.6. The molecule has 2 aliphatic carbocycles. The van der Waals surface area contributed by atoms with Crippen molar-refractivity contribution in [3.8, 4) is 17.4 Å². The number of methoxy groups -OCH3 is 1. The molecule has 2 heterocycles. The summed E-state index contributed by atoms with van der Waals surface area (Å²) in [6, 6.07) is 16.0. The molecule has 2 aromatic carbocycles. The third-order valence-electron chi connectivity index (χ3n) is 7.08. The van der Waals surface area contributed by atoms with E-state index in [2.05, 4.69) is 20.7 Å². The van der Waals surface area contributed by atoms with Crippen molar-refractivity contribution in [2.45, 2.75) is 37.6 Å². The standard InChI is InChI=1S/C28H28N6O4/c1-37-21-9-8-20(30-27(36)18-4-2-5-19(14-18)28(29)12-3-13-28)15-22(21)38-25-11-10-24-31-23(16-34(24)33-25)32-26(35)17-6-7-17/h2,4-5,8-11,14-17H,3,6-7,12-13,29H2,1H3,(H,30,36)(H,32,35). The summed E-state index contributed by atoms with van der Waals surface area (Å²) < 4.78 is 13.0. The number of nitrogens with zero attached hydrogens (tertiary/aromatic N) is 3. The van der Waals surface area contributed by atoms with E-state index in [1.165, 1.54) is 11.6 Å². The number of ether oxygens (including phenoxy) is 2. The molecule has 0 aliphatic heterocycles. The lowest BCUT2D eigenvalue weighted by molar-refractivity contribution is -0.117. The second kappa shape index (κ2) is 9.46. The van der Waals surface area contributed by atoms with Crippen LogP contribution in [0.2, 0.25) is 0 Å². The number of amides is 2. The van der Waals surface area contributed by atoms with Crippen molar-refractivity contribution in [3.05, 3.63) is 71.9 Å². The predicted octanol–water partition coefficient (Wildman–Crippen LogP) is 4.47. The molecule has 2 aliphatic rings. The molecule has 0 radical (unpaired) electrons. The highest BCUT2D eigenvalue weighted by Gasteiger charge is 2.34. The van der Waals surface area contributed by atoms with Crippen molar-refractivity contribution in [1.29, 1.82) is 0 Å². The Morgan fingerprint density at radius 2 is 1.89 bits per heavy atom. The molecule has 2 amide bonds. The van der Waals surface area contributed by atoms with E-state index in [0.717, 1.165) is 37.7 Å². The molecule has 0 bridgehead atoms. The highest BCUT2D eigenvalue weighted by molar-refractivity contribution is 6.04. The number of aromatic nitrogens is 3. The Morgan fingerprint density at radius 1 is 1.05 bits per heavy atom. The van der Waals surface area contributed by atoms with Gasteiger partial charge in [0.05, 0.1) is 13.3 Å². The van der Waals surface area contributed by atoms with Gasteiger partial charge < -0.3 is 25.8 Å². The molecular weight excluding hydrogens is 484 g/mol. The van der Waals surface area contributed by atoms with Crippen LogP contribution in [-0.2, 0) is 10.3 Å². The Kier molecular flexibility index (Phi) is 5.96. The predicted molar refractivity (Wildman–Crippen MR) is 142 cm³/mol. The Hall–Kier alpha value is -4.44. The maximum atomic E-state index is 13.0. The number of carbonyl (C=O) groups is 2. The average molecular weight is 513 g/mol. The molecule has 2 fully saturated rings. The van der Waals surface area contributed by atoms with E-state index in [1.54, 1.807) is 42.6 Å². The monoisotopic (exact) mass is 512 g/mol. The second-order valence-electron chi connectivity index (χ2n) is 9.88. The van der Waals surface area contributed by atoms with Gasteiger partial charge in [0.25, 0.3) is 5.91 Å². The molecule has 0 saturated heterocycles. The second-order valence-corrected chi connectivity index (χ2v) is 9.88. The van der Waals surface area contributed by atoms with Crippen LogP contribution in [0, 0.1) is 5.92 Å². The molecule has 4 N–H and O–H groups in total. The van der Waals surface area contributed by atoms with E-state index in [4.69, 9.17) is 15.2 Å². The van der Waals surface area contributed by atoms with Crippen LogP contribution in [0.25, 0.3) is 5.65 Å². The van der Waals surface area contributed by atoms with E-state index in [9.17, 15) is 9.59 Å².